The van der Waals surface area contributed by atoms with Crippen LogP contribution < -0.4 is 5.73 Å². The van der Waals surface area contributed by atoms with E-state index in [0.29, 0.717) is 11.2 Å². The predicted octanol–water partition coefficient (Wildman–Crippen LogP) is 2.96. The van der Waals surface area contributed by atoms with E-state index in [0.717, 1.165) is 16.5 Å². The number of halogens is 1. The third-order valence-electron chi connectivity index (χ3n) is 2.52. The van der Waals surface area contributed by atoms with Crippen LogP contribution in [-0.2, 0) is 0 Å². The maximum absolute atomic E-state index is 9.81. The molecule has 0 aliphatic heterocycles. The van der Waals surface area contributed by atoms with Gasteiger partial charge in [0.1, 0.15) is 11.3 Å². The first-order valence-corrected chi connectivity index (χ1v) is 5.53. The molecule has 0 amide bonds. The number of furan rings is 1. The summed E-state index contributed by atoms with van der Waals surface area (Å²) in [5.41, 5.74) is 7.16. The number of benzene rings is 1. The van der Waals surface area contributed by atoms with Gasteiger partial charge in [0.25, 0.3) is 0 Å². The smallest absolute Gasteiger partial charge is 0.170 e. The van der Waals surface area contributed by atoms with Crippen molar-refractivity contribution < 1.29 is 9.52 Å². The molecule has 1 unspecified atom stereocenters. The summed E-state index contributed by atoms with van der Waals surface area (Å²) in [6.07, 6.45) is 0. The van der Waals surface area contributed by atoms with Gasteiger partial charge in [-0.1, -0.05) is 6.92 Å². The van der Waals surface area contributed by atoms with Crippen molar-refractivity contribution in [3.8, 4) is 5.75 Å². The summed E-state index contributed by atoms with van der Waals surface area (Å²) >= 11 is 3.25. The number of hydrogen-bond donors (Lipinski definition) is 2. The lowest BCUT2D eigenvalue weighted by atomic mass is 9.99. The van der Waals surface area contributed by atoms with Gasteiger partial charge in [-0.2, -0.15) is 0 Å². The van der Waals surface area contributed by atoms with Crippen molar-refractivity contribution in [1.29, 1.82) is 0 Å². The molecule has 3 nitrogen and oxygen atoms in total. The number of phenols is 1. The van der Waals surface area contributed by atoms with Crippen LogP contribution in [0.2, 0.25) is 0 Å². The molecular weight excluding hydrogens is 258 g/mol. The standard InChI is InChI=1S/C11H12BrNO2/c1-6(5-13)8-4-10-7(2-9(8)14)3-11(12)15-10/h2-4,6,14H,5,13H2,1H3. The number of aromatic hydroxyl groups is 1. The lowest BCUT2D eigenvalue weighted by Gasteiger charge is -2.10. The summed E-state index contributed by atoms with van der Waals surface area (Å²) in [5.74, 6) is 0.395. The van der Waals surface area contributed by atoms with E-state index in [1.165, 1.54) is 0 Å². The zero-order valence-corrected chi connectivity index (χ0v) is 9.91. The molecule has 0 saturated heterocycles. The molecule has 0 saturated carbocycles. The van der Waals surface area contributed by atoms with E-state index in [2.05, 4.69) is 15.9 Å². The summed E-state index contributed by atoms with van der Waals surface area (Å²) in [6.45, 7) is 2.47. The normalized spacial score (nSPS) is 13.3. The van der Waals surface area contributed by atoms with Gasteiger partial charge in [-0.3, -0.25) is 0 Å². The lowest BCUT2D eigenvalue weighted by molar-refractivity contribution is 0.463. The minimum absolute atomic E-state index is 0.123. The highest BCUT2D eigenvalue weighted by atomic mass is 79.9. The molecular formula is C11H12BrNO2. The first-order valence-electron chi connectivity index (χ1n) is 4.74. The SMILES string of the molecule is CC(CN)c1cc2oc(Br)cc2cc1O. The highest BCUT2D eigenvalue weighted by Gasteiger charge is 2.12. The minimum atomic E-state index is 0.123. The largest absolute Gasteiger partial charge is 0.508 e. The van der Waals surface area contributed by atoms with E-state index >= 15 is 0 Å². The first-order chi connectivity index (χ1) is 7.11. The van der Waals surface area contributed by atoms with E-state index in [1.54, 1.807) is 6.07 Å². The Balaban J connectivity index is 2.60. The average Bonchev–Trinajstić information content (AvgIpc) is 2.55. The van der Waals surface area contributed by atoms with Gasteiger partial charge in [0.05, 0.1) is 0 Å². The Morgan fingerprint density at radius 3 is 2.87 bits per heavy atom. The van der Waals surface area contributed by atoms with Crippen LogP contribution in [0.25, 0.3) is 11.0 Å². The number of rotatable bonds is 2. The van der Waals surface area contributed by atoms with Crippen molar-refractivity contribution in [2.24, 2.45) is 5.73 Å². The van der Waals surface area contributed by atoms with E-state index < -0.39 is 0 Å². The zero-order valence-electron chi connectivity index (χ0n) is 8.33. The summed E-state index contributed by atoms with van der Waals surface area (Å²) < 4.78 is 6.08. The van der Waals surface area contributed by atoms with Crippen molar-refractivity contribution in [1.82, 2.24) is 0 Å². The van der Waals surface area contributed by atoms with Gasteiger partial charge in [0.15, 0.2) is 4.67 Å². The van der Waals surface area contributed by atoms with Crippen molar-refractivity contribution in [2.75, 3.05) is 6.54 Å². The maximum Gasteiger partial charge on any atom is 0.170 e. The Labute approximate surface area is 96.0 Å². The fourth-order valence-corrected chi connectivity index (χ4v) is 2.00. The highest BCUT2D eigenvalue weighted by molar-refractivity contribution is 9.10. The van der Waals surface area contributed by atoms with Crippen LogP contribution in [-0.4, -0.2) is 11.7 Å². The van der Waals surface area contributed by atoms with Gasteiger partial charge in [0, 0.05) is 10.9 Å². The Morgan fingerprint density at radius 1 is 1.47 bits per heavy atom. The van der Waals surface area contributed by atoms with Crippen LogP contribution >= 0.6 is 15.9 Å². The van der Waals surface area contributed by atoms with Gasteiger partial charge in [-0.15, -0.1) is 0 Å². The Hall–Kier alpha value is -1.00. The van der Waals surface area contributed by atoms with E-state index in [4.69, 9.17) is 10.2 Å². The van der Waals surface area contributed by atoms with Crippen molar-refractivity contribution >= 4 is 26.9 Å². The van der Waals surface area contributed by atoms with Gasteiger partial charge >= 0.3 is 0 Å². The topological polar surface area (TPSA) is 59.4 Å². The number of fused-ring (bicyclic) bond motifs is 1. The molecule has 1 aromatic heterocycles. The second kappa shape index (κ2) is 3.87. The van der Waals surface area contributed by atoms with E-state index in [9.17, 15) is 5.11 Å². The van der Waals surface area contributed by atoms with Crippen molar-refractivity contribution in [3.05, 3.63) is 28.4 Å². The monoisotopic (exact) mass is 269 g/mol. The van der Waals surface area contributed by atoms with Crippen LogP contribution in [0, 0.1) is 0 Å². The Kier molecular flexibility index (Phi) is 2.71. The molecule has 2 aromatic rings. The van der Waals surface area contributed by atoms with E-state index in [-0.39, 0.29) is 11.7 Å². The predicted molar refractivity (Wildman–Crippen MR) is 63.0 cm³/mol. The Bertz CT molecular complexity index is 493. The molecule has 0 fully saturated rings. The third-order valence-corrected chi connectivity index (χ3v) is 2.91. The van der Waals surface area contributed by atoms with Crippen LogP contribution in [0.3, 0.4) is 0 Å². The minimum Gasteiger partial charge on any atom is -0.508 e. The second-order valence-corrected chi connectivity index (χ2v) is 4.42. The maximum atomic E-state index is 9.81. The van der Waals surface area contributed by atoms with Crippen LogP contribution in [0.1, 0.15) is 18.4 Å². The van der Waals surface area contributed by atoms with E-state index in [1.807, 2.05) is 19.1 Å². The van der Waals surface area contributed by atoms with Crippen molar-refractivity contribution in [2.45, 2.75) is 12.8 Å². The van der Waals surface area contributed by atoms with Crippen LogP contribution in [0.15, 0.2) is 27.3 Å². The molecule has 0 aliphatic carbocycles. The second-order valence-electron chi connectivity index (χ2n) is 3.64. The van der Waals surface area contributed by atoms with Crippen LogP contribution in [0.5, 0.6) is 5.75 Å². The molecule has 2 rings (SSSR count). The molecule has 0 aliphatic rings. The molecule has 80 valence electrons. The molecule has 1 atom stereocenters. The number of nitrogens with two attached hydrogens (primary N) is 1. The third kappa shape index (κ3) is 1.87. The van der Waals surface area contributed by atoms with Gasteiger partial charge < -0.3 is 15.3 Å². The zero-order chi connectivity index (χ0) is 11.0. The van der Waals surface area contributed by atoms with Crippen molar-refractivity contribution in [3.63, 3.8) is 0 Å². The molecule has 1 aromatic carbocycles. The summed E-state index contributed by atoms with van der Waals surface area (Å²) in [4.78, 5) is 0. The molecule has 15 heavy (non-hydrogen) atoms. The molecule has 0 spiro atoms. The Morgan fingerprint density at radius 2 is 2.20 bits per heavy atom. The van der Waals surface area contributed by atoms with Gasteiger partial charge in [-0.05, 0) is 46.6 Å². The fraction of sp³-hybridized carbons (Fsp3) is 0.273. The first kappa shape index (κ1) is 10.5. The molecule has 4 heteroatoms. The molecule has 0 bridgehead atoms. The molecule has 1 heterocycles. The quantitative estimate of drug-likeness (QED) is 0.881. The molecule has 0 radical (unpaired) electrons. The highest BCUT2D eigenvalue weighted by Crippen LogP contribution is 2.33. The summed E-state index contributed by atoms with van der Waals surface area (Å²) in [6, 6.07) is 5.37. The average molecular weight is 270 g/mol. The summed E-state index contributed by atoms with van der Waals surface area (Å²) in [7, 11) is 0. The molecule has 3 N–H and O–H groups in total. The number of hydrogen-bond acceptors (Lipinski definition) is 3. The van der Waals surface area contributed by atoms with Gasteiger partial charge in [-0.25, -0.2) is 0 Å². The number of phenolic OH excluding ortho intramolecular Hbond substituents is 1. The van der Waals surface area contributed by atoms with Crippen LogP contribution in [0.4, 0.5) is 0 Å². The fourth-order valence-electron chi connectivity index (χ4n) is 1.58. The lowest BCUT2D eigenvalue weighted by Crippen LogP contribution is -2.08. The van der Waals surface area contributed by atoms with Gasteiger partial charge in [0.2, 0.25) is 0 Å². The summed E-state index contributed by atoms with van der Waals surface area (Å²) in [5, 5.41) is 10.7.